The Morgan fingerprint density at radius 3 is 2.88 bits per heavy atom. The molecule has 2 aromatic rings. The zero-order valence-corrected chi connectivity index (χ0v) is 13.8. The minimum atomic E-state index is -0.165. The van der Waals surface area contributed by atoms with Crippen LogP contribution in [0.25, 0.3) is 6.08 Å². The number of hydrogen-bond acceptors (Lipinski definition) is 3. The number of hydrogen-bond donors (Lipinski definition) is 1. The zero-order valence-electron chi connectivity index (χ0n) is 13.8. The van der Waals surface area contributed by atoms with E-state index < -0.39 is 0 Å². The lowest BCUT2D eigenvalue weighted by Crippen LogP contribution is -2.36. The van der Waals surface area contributed by atoms with Gasteiger partial charge in [-0.3, -0.25) is 4.90 Å². The summed E-state index contributed by atoms with van der Waals surface area (Å²) in [6.07, 6.45) is 7.63. The van der Waals surface area contributed by atoms with Crippen LogP contribution in [0.4, 0.5) is 0 Å². The molecule has 0 bridgehead atoms. The number of aromatic hydroxyl groups is 1. The summed E-state index contributed by atoms with van der Waals surface area (Å²) in [5, 5.41) is 9.64. The van der Waals surface area contributed by atoms with Gasteiger partial charge in [-0.2, -0.15) is 0 Å². The monoisotopic (exact) mass is 321 g/mol. The van der Waals surface area contributed by atoms with E-state index in [1.54, 1.807) is 6.07 Å². The van der Waals surface area contributed by atoms with Crippen LogP contribution in [-0.4, -0.2) is 28.7 Å². The molecule has 1 saturated heterocycles. The van der Waals surface area contributed by atoms with Crippen LogP contribution in [0.15, 0.2) is 54.6 Å². The van der Waals surface area contributed by atoms with Crippen molar-refractivity contribution in [2.45, 2.75) is 31.4 Å². The summed E-state index contributed by atoms with van der Waals surface area (Å²) in [5.74, 6) is 1.34. The van der Waals surface area contributed by atoms with Gasteiger partial charge in [-0.25, -0.2) is 0 Å². The minimum absolute atomic E-state index is 0.165. The molecule has 0 amide bonds. The van der Waals surface area contributed by atoms with Crippen LogP contribution < -0.4 is 4.74 Å². The van der Waals surface area contributed by atoms with Crippen LogP contribution in [0.5, 0.6) is 11.5 Å². The van der Waals surface area contributed by atoms with Crippen LogP contribution in [0.3, 0.4) is 0 Å². The molecule has 2 aliphatic rings. The van der Waals surface area contributed by atoms with E-state index in [-0.39, 0.29) is 5.60 Å². The molecule has 24 heavy (non-hydrogen) atoms. The van der Waals surface area contributed by atoms with Crippen molar-refractivity contribution in [2.24, 2.45) is 0 Å². The standard InChI is InChI=1S/C21H23NO2/c23-19-7-3-5-17(15-19)16-22-13-4-10-21(12-14-22)11-9-18-6-1-2-8-20(18)24-21/h1-3,5-9,11,15,23H,4,10,12-14,16H2/t21-/m1/s1. The lowest BCUT2D eigenvalue weighted by Gasteiger charge is -2.34. The van der Waals surface area contributed by atoms with Gasteiger partial charge in [-0.15, -0.1) is 0 Å². The molecular weight excluding hydrogens is 298 g/mol. The average molecular weight is 321 g/mol. The highest BCUT2D eigenvalue weighted by Crippen LogP contribution is 2.37. The summed E-state index contributed by atoms with van der Waals surface area (Å²) >= 11 is 0. The van der Waals surface area contributed by atoms with Gasteiger partial charge < -0.3 is 9.84 Å². The van der Waals surface area contributed by atoms with Crippen molar-refractivity contribution in [3.05, 3.63) is 65.7 Å². The number of nitrogens with zero attached hydrogens (tertiary/aromatic N) is 1. The molecule has 1 atom stereocenters. The third kappa shape index (κ3) is 3.17. The van der Waals surface area contributed by atoms with Crippen LogP contribution in [0.1, 0.15) is 30.4 Å². The third-order valence-corrected chi connectivity index (χ3v) is 5.04. The molecule has 1 fully saturated rings. The number of likely N-dealkylation sites (tertiary alicyclic amines) is 1. The second kappa shape index (κ2) is 6.33. The van der Waals surface area contributed by atoms with Gasteiger partial charge in [0.05, 0.1) is 0 Å². The van der Waals surface area contributed by atoms with Gasteiger partial charge in [0.1, 0.15) is 17.1 Å². The van der Waals surface area contributed by atoms with Crippen molar-refractivity contribution in [1.29, 1.82) is 0 Å². The maximum atomic E-state index is 9.64. The molecule has 0 aromatic heterocycles. The largest absolute Gasteiger partial charge is 0.508 e. The van der Waals surface area contributed by atoms with E-state index in [0.29, 0.717) is 5.75 Å². The Bertz CT molecular complexity index is 755. The molecule has 1 spiro atoms. The van der Waals surface area contributed by atoms with Crippen molar-refractivity contribution in [2.75, 3.05) is 13.1 Å². The third-order valence-electron chi connectivity index (χ3n) is 5.04. The fourth-order valence-corrected chi connectivity index (χ4v) is 3.73. The predicted octanol–water partition coefficient (Wildman–Crippen LogP) is 4.22. The number of rotatable bonds is 2. The van der Waals surface area contributed by atoms with E-state index in [1.165, 1.54) is 5.56 Å². The quantitative estimate of drug-likeness (QED) is 0.899. The van der Waals surface area contributed by atoms with E-state index in [9.17, 15) is 5.11 Å². The molecule has 3 nitrogen and oxygen atoms in total. The summed E-state index contributed by atoms with van der Waals surface area (Å²) in [4.78, 5) is 2.46. The predicted molar refractivity (Wildman–Crippen MR) is 96.1 cm³/mol. The minimum Gasteiger partial charge on any atom is -0.508 e. The molecular formula is C21H23NO2. The molecule has 0 radical (unpaired) electrons. The zero-order chi connectivity index (χ0) is 16.4. The second-order valence-electron chi connectivity index (χ2n) is 6.84. The fraction of sp³-hybridized carbons (Fsp3) is 0.333. The van der Waals surface area contributed by atoms with Gasteiger partial charge >= 0.3 is 0 Å². The Kier molecular flexibility index (Phi) is 4.03. The maximum absolute atomic E-state index is 9.64. The van der Waals surface area contributed by atoms with Crippen molar-refractivity contribution in [3.63, 3.8) is 0 Å². The number of para-hydroxylation sites is 1. The molecule has 124 valence electrons. The number of ether oxygens (including phenoxy) is 1. The molecule has 2 heterocycles. The van der Waals surface area contributed by atoms with Crippen molar-refractivity contribution >= 4 is 6.08 Å². The summed E-state index contributed by atoms with van der Waals surface area (Å²) in [7, 11) is 0. The maximum Gasteiger partial charge on any atom is 0.129 e. The average Bonchev–Trinajstić information content (AvgIpc) is 2.78. The van der Waals surface area contributed by atoms with Crippen LogP contribution in [0, 0.1) is 0 Å². The van der Waals surface area contributed by atoms with Crippen molar-refractivity contribution < 1.29 is 9.84 Å². The van der Waals surface area contributed by atoms with E-state index in [0.717, 1.165) is 50.2 Å². The van der Waals surface area contributed by atoms with Gasteiger partial charge in [-0.1, -0.05) is 36.4 Å². The Balaban J connectivity index is 1.45. The lowest BCUT2D eigenvalue weighted by atomic mass is 9.91. The lowest BCUT2D eigenvalue weighted by molar-refractivity contribution is 0.0990. The Labute approximate surface area is 143 Å². The molecule has 4 rings (SSSR count). The van der Waals surface area contributed by atoms with E-state index >= 15 is 0 Å². The normalized spacial score (nSPS) is 23.5. The number of phenols is 1. The van der Waals surface area contributed by atoms with Crippen LogP contribution in [-0.2, 0) is 6.54 Å². The summed E-state index contributed by atoms with van der Waals surface area (Å²) in [5.41, 5.74) is 2.17. The van der Waals surface area contributed by atoms with Gasteiger partial charge in [-0.05, 0) is 49.2 Å². The number of benzene rings is 2. The molecule has 3 heteroatoms. The Hall–Kier alpha value is -2.26. The van der Waals surface area contributed by atoms with E-state index in [4.69, 9.17) is 4.74 Å². The van der Waals surface area contributed by atoms with Crippen molar-refractivity contribution in [1.82, 2.24) is 4.90 Å². The topological polar surface area (TPSA) is 32.7 Å². The fourth-order valence-electron chi connectivity index (χ4n) is 3.73. The van der Waals surface area contributed by atoms with Gasteiger partial charge in [0.25, 0.3) is 0 Å². The van der Waals surface area contributed by atoms with Crippen LogP contribution in [0.2, 0.25) is 0 Å². The molecule has 2 aliphatic heterocycles. The summed E-state index contributed by atoms with van der Waals surface area (Å²) in [6, 6.07) is 15.8. The van der Waals surface area contributed by atoms with Crippen molar-refractivity contribution in [3.8, 4) is 11.5 Å². The highest BCUT2D eigenvalue weighted by molar-refractivity contribution is 5.60. The number of fused-ring (bicyclic) bond motifs is 1. The molecule has 0 saturated carbocycles. The molecule has 0 unspecified atom stereocenters. The van der Waals surface area contributed by atoms with Gasteiger partial charge in [0.15, 0.2) is 0 Å². The first-order chi connectivity index (χ1) is 11.7. The molecule has 0 aliphatic carbocycles. The van der Waals surface area contributed by atoms with Gasteiger partial charge in [0, 0.05) is 25.1 Å². The first-order valence-corrected chi connectivity index (χ1v) is 8.70. The highest BCUT2D eigenvalue weighted by Gasteiger charge is 2.34. The smallest absolute Gasteiger partial charge is 0.129 e. The van der Waals surface area contributed by atoms with Gasteiger partial charge in [0.2, 0.25) is 0 Å². The molecule has 2 aromatic carbocycles. The summed E-state index contributed by atoms with van der Waals surface area (Å²) in [6.45, 7) is 2.95. The Morgan fingerprint density at radius 2 is 1.96 bits per heavy atom. The SMILES string of the molecule is Oc1cccc(CN2CCC[C@@]3(C=Cc4ccccc4O3)CC2)c1. The Morgan fingerprint density at radius 1 is 1.04 bits per heavy atom. The van der Waals surface area contributed by atoms with E-state index in [1.807, 2.05) is 18.2 Å². The molecule has 1 N–H and O–H groups in total. The first kappa shape index (κ1) is 15.3. The summed E-state index contributed by atoms with van der Waals surface area (Å²) < 4.78 is 6.40. The van der Waals surface area contributed by atoms with E-state index in [2.05, 4.69) is 41.3 Å². The first-order valence-electron chi connectivity index (χ1n) is 8.70. The number of phenolic OH excluding ortho intramolecular Hbond substituents is 1. The highest BCUT2D eigenvalue weighted by atomic mass is 16.5. The second-order valence-corrected chi connectivity index (χ2v) is 6.84. The van der Waals surface area contributed by atoms with Crippen LogP contribution >= 0.6 is 0 Å².